The minimum atomic E-state index is -0.0766. The molecule has 0 aromatic carbocycles. The molecule has 0 radical (unpaired) electrons. The molecule has 0 saturated carbocycles. The van der Waals surface area contributed by atoms with E-state index in [0.717, 1.165) is 23.5 Å². The third-order valence-electron chi connectivity index (χ3n) is 3.64. The van der Waals surface area contributed by atoms with Gasteiger partial charge in [0.05, 0.1) is 31.1 Å². The predicted octanol–water partition coefficient (Wildman–Crippen LogP) is 2.74. The van der Waals surface area contributed by atoms with Crippen LogP contribution in [0.15, 0.2) is 18.3 Å². The lowest BCUT2D eigenvalue weighted by Gasteiger charge is -2.08. The Morgan fingerprint density at radius 3 is 2.65 bits per heavy atom. The van der Waals surface area contributed by atoms with Crippen molar-refractivity contribution in [2.45, 2.75) is 40.7 Å². The zero-order chi connectivity index (χ0) is 17.0. The van der Waals surface area contributed by atoms with Crippen LogP contribution in [0.3, 0.4) is 0 Å². The highest BCUT2D eigenvalue weighted by Crippen LogP contribution is 2.17. The van der Waals surface area contributed by atoms with Crippen LogP contribution in [0.5, 0.6) is 5.88 Å². The summed E-state index contributed by atoms with van der Waals surface area (Å²) in [5.74, 6) is 0.956. The number of pyridine rings is 1. The fourth-order valence-electron chi connectivity index (χ4n) is 2.45. The summed E-state index contributed by atoms with van der Waals surface area (Å²) in [5.41, 5.74) is 3.61. The lowest BCUT2D eigenvalue weighted by molar-refractivity contribution is -0.115. The summed E-state index contributed by atoms with van der Waals surface area (Å²) >= 11 is 0. The molecule has 2 rings (SSSR count). The molecule has 2 heterocycles. The maximum atomic E-state index is 12.3. The number of nitrogens with one attached hydrogen (secondary N) is 1. The number of rotatable bonds is 6. The second-order valence-corrected chi connectivity index (χ2v) is 6.04. The molecule has 0 bridgehead atoms. The summed E-state index contributed by atoms with van der Waals surface area (Å²) in [7, 11) is 1.56. The lowest BCUT2D eigenvalue weighted by atomic mass is 10.1. The summed E-state index contributed by atoms with van der Waals surface area (Å²) in [6, 6.07) is 3.48. The van der Waals surface area contributed by atoms with E-state index in [4.69, 9.17) is 4.74 Å². The van der Waals surface area contributed by atoms with Gasteiger partial charge in [-0.3, -0.25) is 9.48 Å². The topological polar surface area (TPSA) is 69.0 Å². The SMILES string of the molecule is COc1ccc(NC(=O)Cc2c(C)nn(CC(C)C)c2C)cn1. The summed E-state index contributed by atoms with van der Waals surface area (Å²) in [6.07, 6.45) is 1.89. The highest BCUT2D eigenvalue weighted by atomic mass is 16.5. The van der Waals surface area contributed by atoms with Gasteiger partial charge in [-0.15, -0.1) is 0 Å². The molecule has 0 saturated heterocycles. The predicted molar refractivity (Wildman–Crippen MR) is 89.7 cm³/mol. The van der Waals surface area contributed by atoms with Crippen molar-refractivity contribution in [1.29, 1.82) is 0 Å². The number of nitrogens with zero attached hydrogens (tertiary/aromatic N) is 3. The maximum absolute atomic E-state index is 12.3. The van der Waals surface area contributed by atoms with Crippen molar-refractivity contribution in [3.63, 3.8) is 0 Å². The molecule has 124 valence electrons. The highest BCUT2D eigenvalue weighted by molar-refractivity contribution is 5.92. The summed E-state index contributed by atoms with van der Waals surface area (Å²) in [6.45, 7) is 9.12. The molecule has 6 heteroatoms. The number of ether oxygens (including phenoxy) is 1. The van der Waals surface area contributed by atoms with Crippen LogP contribution in [0, 0.1) is 19.8 Å². The van der Waals surface area contributed by atoms with E-state index in [2.05, 4.69) is 29.2 Å². The minimum absolute atomic E-state index is 0.0766. The highest BCUT2D eigenvalue weighted by Gasteiger charge is 2.15. The molecule has 2 aromatic rings. The van der Waals surface area contributed by atoms with Crippen LogP contribution in [-0.4, -0.2) is 27.8 Å². The van der Waals surface area contributed by atoms with Crippen molar-refractivity contribution in [3.8, 4) is 5.88 Å². The smallest absolute Gasteiger partial charge is 0.228 e. The molecule has 0 aliphatic rings. The number of hydrogen-bond donors (Lipinski definition) is 1. The van der Waals surface area contributed by atoms with E-state index in [0.29, 0.717) is 23.9 Å². The first-order valence-electron chi connectivity index (χ1n) is 7.73. The summed E-state index contributed by atoms with van der Waals surface area (Å²) in [4.78, 5) is 16.3. The van der Waals surface area contributed by atoms with Crippen molar-refractivity contribution < 1.29 is 9.53 Å². The molecule has 0 aliphatic carbocycles. The standard InChI is InChI=1S/C17H24N4O2/c1-11(2)10-21-13(4)15(12(3)20-21)8-16(22)19-14-6-7-17(23-5)18-9-14/h6-7,9,11H,8,10H2,1-5H3,(H,19,22). The second-order valence-electron chi connectivity index (χ2n) is 6.04. The van der Waals surface area contributed by atoms with Gasteiger partial charge in [0.2, 0.25) is 11.8 Å². The Hall–Kier alpha value is -2.37. The molecule has 0 spiro atoms. The van der Waals surface area contributed by atoms with Gasteiger partial charge in [-0.05, 0) is 25.8 Å². The van der Waals surface area contributed by atoms with Crippen LogP contribution in [0.1, 0.15) is 30.8 Å². The number of aromatic nitrogens is 3. The van der Waals surface area contributed by atoms with Crippen molar-refractivity contribution in [2.24, 2.45) is 5.92 Å². The Kier molecular flexibility index (Phi) is 5.36. The van der Waals surface area contributed by atoms with E-state index >= 15 is 0 Å². The molecule has 6 nitrogen and oxygen atoms in total. The van der Waals surface area contributed by atoms with Crippen LogP contribution < -0.4 is 10.1 Å². The van der Waals surface area contributed by atoms with E-state index in [1.807, 2.05) is 18.5 Å². The first-order valence-corrected chi connectivity index (χ1v) is 7.73. The number of carbonyl (C=O) groups excluding carboxylic acids is 1. The Balaban J connectivity index is 2.06. The molecular formula is C17H24N4O2. The van der Waals surface area contributed by atoms with Crippen molar-refractivity contribution in [3.05, 3.63) is 35.3 Å². The number of carbonyl (C=O) groups is 1. The molecule has 1 amide bonds. The van der Waals surface area contributed by atoms with Gasteiger partial charge in [0, 0.05) is 23.9 Å². The molecule has 0 atom stereocenters. The third kappa shape index (κ3) is 4.31. The zero-order valence-electron chi connectivity index (χ0n) is 14.4. The molecule has 2 aromatic heterocycles. The summed E-state index contributed by atoms with van der Waals surface area (Å²) in [5, 5.41) is 7.39. The number of hydrogen-bond acceptors (Lipinski definition) is 4. The number of methoxy groups -OCH3 is 1. The average Bonchev–Trinajstić information content (AvgIpc) is 2.75. The van der Waals surface area contributed by atoms with Gasteiger partial charge in [-0.25, -0.2) is 4.98 Å². The molecule has 0 fully saturated rings. The second kappa shape index (κ2) is 7.26. The van der Waals surface area contributed by atoms with Gasteiger partial charge < -0.3 is 10.1 Å². The first kappa shape index (κ1) is 17.0. The number of anilines is 1. The minimum Gasteiger partial charge on any atom is -0.481 e. The quantitative estimate of drug-likeness (QED) is 0.889. The fraction of sp³-hybridized carbons (Fsp3) is 0.471. The van der Waals surface area contributed by atoms with Crippen LogP contribution in [0.2, 0.25) is 0 Å². The Bertz CT molecular complexity index is 675. The molecular weight excluding hydrogens is 292 g/mol. The van der Waals surface area contributed by atoms with Gasteiger partial charge in [0.15, 0.2) is 0 Å². The van der Waals surface area contributed by atoms with Gasteiger partial charge >= 0.3 is 0 Å². The zero-order valence-corrected chi connectivity index (χ0v) is 14.4. The normalized spacial score (nSPS) is 10.9. The van der Waals surface area contributed by atoms with E-state index < -0.39 is 0 Å². The van der Waals surface area contributed by atoms with E-state index in [-0.39, 0.29) is 5.91 Å². The van der Waals surface area contributed by atoms with E-state index in [1.165, 1.54) is 0 Å². The van der Waals surface area contributed by atoms with Crippen LogP contribution in [0.4, 0.5) is 5.69 Å². The molecule has 0 aliphatic heterocycles. The molecule has 1 N–H and O–H groups in total. The largest absolute Gasteiger partial charge is 0.481 e. The summed E-state index contributed by atoms with van der Waals surface area (Å²) < 4.78 is 6.98. The van der Waals surface area contributed by atoms with Crippen molar-refractivity contribution in [2.75, 3.05) is 12.4 Å². The van der Waals surface area contributed by atoms with E-state index in [1.54, 1.807) is 25.4 Å². The Labute approximate surface area is 136 Å². The molecule has 0 unspecified atom stereocenters. The Morgan fingerprint density at radius 2 is 2.09 bits per heavy atom. The Morgan fingerprint density at radius 1 is 1.35 bits per heavy atom. The number of aryl methyl sites for hydroxylation is 1. The van der Waals surface area contributed by atoms with Crippen LogP contribution >= 0.6 is 0 Å². The van der Waals surface area contributed by atoms with Gasteiger partial charge in [0.1, 0.15) is 0 Å². The number of amides is 1. The van der Waals surface area contributed by atoms with Gasteiger partial charge in [0.25, 0.3) is 0 Å². The van der Waals surface area contributed by atoms with Crippen molar-refractivity contribution in [1.82, 2.24) is 14.8 Å². The third-order valence-corrected chi connectivity index (χ3v) is 3.64. The van der Waals surface area contributed by atoms with Crippen LogP contribution in [0.25, 0.3) is 0 Å². The fourth-order valence-corrected chi connectivity index (χ4v) is 2.45. The monoisotopic (exact) mass is 316 g/mol. The lowest BCUT2D eigenvalue weighted by Crippen LogP contribution is -2.15. The first-order chi connectivity index (χ1) is 10.9. The van der Waals surface area contributed by atoms with Crippen molar-refractivity contribution >= 4 is 11.6 Å². The molecule has 23 heavy (non-hydrogen) atoms. The average molecular weight is 316 g/mol. The maximum Gasteiger partial charge on any atom is 0.228 e. The van der Waals surface area contributed by atoms with E-state index in [9.17, 15) is 4.79 Å². The van der Waals surface area contributed by atoms with Crippen LogP contribution in [-0.2, 0) is 17.8 Å². The van der Waals surface area contributed by atoms with Gasteiger partial charge in [-0.2, -0.15) is 5.10 Å². The van der Waals surface area contributed by atoms with Gasteiger partial charge in [-0.1, -0.05) is 13.8 Å².